The number of halogens is 1. The number of aliphatic hydroxyl groups is 1. The summed E-state index contributed by atoms with van der Waals surface area (Å²) < 4.78 is 8.03. The normalized spacial score (nSPS) is 21.6. The summed E-state index contributed by atoms with van der Waals surface area (Å²) in [5.74, 6) is 0.0314. The average Bonchev–Trinajstić information content (AvgIpc) is 3.02. The summed E-state index contributed by atoms with van der Waals surface area (Å²) >= 11 is 3.42. The largest absolute Gasteiger partial charge is 0.390 e. The van der Waals surface area contributed by atoms with Crippen LogP contribution in [0, 0.1) is 0 Å². The minimum atomic E-state index is -0.803. The monoisotopic (exact) mass is 450 g/mol. The van der Waals surface area contributed by atoms with Gasteiger partial charge >= 0.3 is 5.69 Å². The predicted octanol–water partition coefficient (Wildman–Crippen LogP) is 1.16. The number of aromatic nitrogens is 2. The van der Waals surface area contributed by atoms with E-state index in [0.29, 0.717) is 6.42 Å². The predicted molar refractivity (Wildman–Crippen MR) is 108 cm³/mol. The van der Waals surface area contributed by atoms with Crippen molar-refractivity contribution in [2.24, 2.45) is 0 Å². The van der Waals surface area contributed by atoms with Crippen LogP contribution in [0.5, 0.6) is 0 Å². The number of ether oxygens (including phenoxy) is 1. The zero-order valence-corrected chi connectivity index (χ0v) is 17.1. The lowest BCUT2D eigenvalue weighted by atomic mass is 10.1. The number of aliphatic hydroxyl groups excluding tert-OH is 1. The van der Waals surface area contributed by atoms with Gasteiger partial charge in [0.2, 0.25) is 5.91 Å². The second-order valence-electron chi connectivity index (χ2n) is 6.70. The van der Waals surface area contributed by atoms with Crippen LogP contribution >= 0.6 is 15.9 Å². The van der Waals surface area contributed by atoms with Gasteiger partial charge in [-0.1, -0.05) is 41.1 Å². The van der Waals surface area contributed by atoms with E-state index in [0.717, 1.165) is 15.6 Å². The number of nitrogens with two attached hydrogens (primary N) is 1. The molecule has 0 aliphatic carbocycles. The number of nitrogen functional groups attached to an aromatic ring is 1. The Morgan fingerprint density at radius 2 is 2.18 bits per heavy atom. The fourth-order valence-corrected chi connectivity index (χ4v) is 3.59. The van der Waals surface area contributed by atoms with Gasteiger partial charge in [0.25, 0.3) is 0 Å². The quantitative estimate of drug-likeness (QED) is 0.607. The van der Waals surface area contributed by atoms with E-state index in [4.69, 9.17) is 10.5 Å². The minimum absolute atomic E-state index is 0.152. The molecular weight excluding hydrogens is 428 g/mol. The van der Waals surface area contributed by atoms with Crippen LogP contribution in [0.4, 0.5) is 5.82 Å². The molecule has 1 aliphatic heterocycles. The molecule has 3 rings (SSSR count). The number of hydrogen-bond acceptors (Lipinski definition) is 6. The molecule has 0 spiro atoms. The zero-order valence-electron chi connectivity index (χ0n) is 15.5. The molecule has 1 saturated heterocycles. The van der Waals surface area contributed by atoms with E-state index in [9.17, 15) is 14.7 Å². The Hall–Kier alpha value is -2.23. The molecule has 0 saturated carbocycles. The van der Waals surface area contributed by atoms with E-state index in [1.54, 1.807) is 6.20 Å². The summed E-state index contributed by atoms with van der Waals surface area (Å²) in [6, 6.07) is 7.49. The maximum Gasteiger partial charge on any atom is 0.351 e. The Kier molecular flexibility index (Phi) is 6.48. The molecule has 0 bridgehead atoms. The second kappa shape index (κ2) is 8.85. The molecule has 8 nitrogen and oxygen atoms in total. The molecule has 1 aromatic carbocycles. The number of hydrogen-bond donors (Lipinski definition) is 3. The Balaban J connectivity index is 1.61. The Bertz CT molecular complexity index is 917. The van der Waals surface area contributed by atoms with Crippen LogP contribution in [0.3, 0.4) is 0 Å². The van der Waals surface area contributed by atoms with Gasteiger partial charge in [-0.15, -0.1) is 0 Å². The first-order valence-electron chi connectivity index (χ1n) is 9.10. The van der Waals surface area contributed by atoms with E-state index >= 15 is 0 Å². The summed E-state index contributed by atoms with van der Waals surface area (Å²) in [6.45, 7) is 2.06. The van der Waals surface area contributed by atoms with E-state index in [-0.39, 0.29) is 31.1 Å². The van der Waals surface area contributed by atoms with Crippen LogP contribution in [-0.2, 0) is 22.4 Å². The highest BCUT2D eigenvalue weighted by molar-refractivity contribution is 9.10. The molecule has 1 aromatic heterocycles. The molecule has 1 amide bonds. The molecule has 1 aliphatic rings. The van der Waals surface area contributed by atoms with E-state index in [2.05, 4.69) is 26.2 Å². The van der Waals surface area contributed by atoms with Crippen molar-refractivity contribution in [3.8, 4) is 0 Å². The summed E-state index contributed by atoms with van der Waals surface area (Å²) in [5, 5.41) is 13.1. The number of carbonyl (C=O) groups excluding carboxylic acids is 1. The smallest absolute Gasteiger partial charge is 0.351 e. The van der Waals surface area contributed by atoms with Crippen molar-refractivity contribution in [2.45, 2.75) is 44.6 Å². The second-order valence-corrected chi connectivity index (χ2v) is 7.55. The van der Waals surface area contributed by atoms with Crippen molar-refractivity contribution >= 4 is 27.7 Å². The van der Waals surface area contributed by atoms with Gasteiger partial charge in [-0.05, 0) is 18.1 Å². The first-order chi connectivity index (χ1) is 13.4. The number of nitrogens with zero attached hydrogens (tertiary/aromatic N) is 2. The zero-order chi connectivity index (χ0) is 20.3. The number of carbonyl (C=O) groups is 1. The minimum Gasteiger partial charge on any atom is -0.390 e. The SMILES string of the molecule is CCc1cn([C@H]2CC(O)[C@@H](CNC(=O)Cc3ccccc3Br)O2)c(=O)nc1N. The molecule has 150 valence electrons. The molecule has 1 fully saturated rings. The first kappa shape index (κ1) is 20.5. The van der Waals surface area contributed by atoms with Crippen LogP contribution in [0.1, 0.15) is 30.7 Å². The van der Waals surface area contributed by atoms with Gasteiger partial charge in [-0.2, -0.15) is 4.98 Å². The molecular formula is C19H23BrN4O4. The molecule has 2 heterocycles. The van der Waals surface area contributed by atoms with Crippen LogP contribution in [0.2, 0.25) is 0 Å². The van der Waals surface area contributed by atoms with Gasteiger partial charge in [-0.25, -0.2) is 4.79 Å². The Morgan fingerprint density at radius 3 is 2.89 bits per heavy atom. The molecule has 28 heavy (non-hydrogen) atoms. The standard InChI is InChI=1S/C19H23BrN4O4/c1-2-11-10-24(19(27)23-18(11)21)17-8-14(25)15(28-17)9-22-16(26)7-12-5-3-4-6-13(12)20/h3-6,10,14-15,17,25H,2,7-9H2,1H3,(H,22,26)(H2,21,23,27)/t14?,15-,17-/m1/s1. The van der Waals surface area contributed by atoms with Crippen molar-refractivity contribution in [1.29, 1.82) is 0 Å². The number of amides is 1. The summed E-state index contributed by atoms with van der Waals surface area (Å²) in [5.41, 5.74) is 6.83. The molecule has 9 heteroatoms. The number of nitrogens with one attached hydrogen (secondary N) is 1. The molecule has 0 radical (unpaired) electrons. The van der Waals surface area contributed by atoms with Crippen LogP contribution in [0.15, 0.2) is 39.7 Å². The van der Waals surface area contributed by atoms with Crippen molar-refractivity contribution in [1.82, 2.24) is 14.9 Å². The molecule has 2 aromatic rings. The van der Waals surface area contributed by atoms with Crippen LogP contribution in [0.25, 0.3) is 0 Å². The van der Waals surface area contributed by atoms with Gasteiger partial charge in [0.15, 0.2) is 0 Å². The van der Waals surface area contributed by atoms with Gasteiger partial charge in [0.1, 0.15) is 18.1 Å². The van der Waals surface area contributed by atoms with Gasteiger partial charge < -0.3 is 20.9 Å². The fourth-order valence-electron chi connectivity index (χ4n) is 3.16. The van der Waals surface area contributed by atoms with Crippen LogP contribution in [-0.4, -0.2) is 39.3 Å². The Labute approximate surface area is 170 Å². The molecule has 4 N–H and O–H groups in total. The number of rotatable bonds is 6. The first-order valence-corrected chi connectivity index (χ1v) is 9.89. The number of anilines is 1. The van der Waals surface area contributed by atoms with E-state index in [1.165, 1.54) is 4.57 Å². The highest BCUT2D eigenvalue weighted by Gasteiger charge is 2.35. The van der Waals surface area contributed by atoms with Gasteiger partial charge in [-0.3, -0.25) is 9.36 Å². The van der Waals surface area contributed by atoms with Gasteiger partial charge in [0.05, 0.1) is 12.5 Å². The van der Waals surface area contributed by atoms with Crippen molar-refractivity contribution in [3.63, 3.8) is 0 Å². The fraction of sp³-hybridized carbons (Fsp3) is 0.421. The molecule has 3 atom stereocenters. The number of aryl methyl sites for hydroxylation is 1. The highest BCUT2D eigenvalue weighted by Crippen LogP contribution is 2.28. The van der Waals surface area contributed by atoms with E-state index in [1.807, 2.05) is 31.2 Å². The summed E-state index contributed by atoms with van der Waals surface area (Å²) in [7, 11) is 0. The highest BCUT2D eigenvalue weighted by atomic mass is 79.9. The third kappa shape index (κ3) is 4.60. The lowest BCUT2D eigenvalue weighted by molar-refractivity contribution is -0.121. The third-order valence-electron chi connectivity index (χ3n) is 4.77. The number of benzene rings is 1. The maximum atomic E-state index is 12.2. The van der Waals surface area contributed by atoms with Crippen molar-refractivity contribution in [3.05, 3.63) is 56.5 Å². The summed E-state index contributed by atoms with van der Waals surface area (Å²) in [4.78, 5) is 28.2. The third-order valence-corrected chi connectivity index (χ3v) is 5.54. The van der Waals surface area contributed by atoms with Crippen molar-refractivity contribution < 1.29 is 14.6 Å². The maximum absolute atomic E-state index is 12.2. The van der Waals surface area contributed by atoms with Gasteiger partial charge in [0, 0.05) is 29.2 Å². The van der Waals surface area contributed by atoms with Crippen molar-refractivity contribution in [2.75, 3.05) is 12.3 Å². The lowest BCUT2D eigenvalue weighted by Crippen LogP contribution is -2.38. The summed E-state index contributed by atoms with van der Waals surface area (Å²) in [6.07, 6.45) is 0.643. The average molecular weight is 451 g/mol. The molecule has 1 unspecified atom stereocenters. The Morgan fingerprint density at radius 1 is 1.43 bits per heavy atom. The van der Waals surface area contributed by atoms with E-state index < -0.39 is 24.1 Å². The topological polar surface area (TPSA) is 119 Å². The lowest BCUT2D eigenvalue weighted by Gasteiger charge is -2.17. The van der Waals surface area contributed by atoms with Crippen LogP contribution < -0.4 is 16.7 Å².